The molecule has 20 heavy (non-hydrogen) atoms. The van der Waals surface area contributed by atoms with Gasteiger partial charge in [-0.3, -0.25) is 0 Å². The highest BCUT2D eigenvalue weighted by molar-refractivity contribution is 5.26. The van der Waals surface area contributed by atoms with Crippen molar-refractivity contribution in [2.24, 2.45) is 5.92 Å². The van der Waals surface area contributed by atoms with E-state index >= 15 is 0 Å². The number of hydrogen-bond acceptors (Lipinski definition) is 2. The zero-order valence-electron chi connectivity index (χ0n) is 12.7. The Morgan fingerprint density at radius 3 is 2.40 bits per heavy atom. The molecule has 2 nitrogen and oxygen atoms in total. The van der Waals surface area contributed by atoms with Gasteiger partial charge in [0.1, 0.15) is 0 Å². The highest BCUT2D eigenvalue weighted by atomic mass is 16.3. The van der Waals surface area contributed by atoms with E-state index in [1.807, 2.05) is 6.26 Å². The van der Waals surface area contributed by atoms with E-state index in [1.165, 1.54) is 16.7 Å². The molecule has 1 unspecified atom stereocenters. The lowest BCUT2D eigenvalue weighted by Crippen LogP contribution is -2.26. The van der Waals surface area contributed by atoms with Gasteiger partial charge in [0.2, 0.25) is 0 Å². The van der Waals surface area contributed by atoms with E-state index in [4.69, 9.17) is 4.42 Å². The predicted molar refractivity (Wildman–Crippen MR) is 84.0 cm³/mol. The summed E-state index contributed by atoms with van der Waals surface area (Å²) >= 11 is 0. The number of rotatable bonds is 7. The number of hydrogen-bond donors (Lipinski definition) is 1. The van der Waals surface area contributed by atoms with Gasteiger partial charge in [-0.05, 0) is 43.0 Å². The van der Waals surface area contributed by atoms with Crippen LogP contribution in [0.1, 0.15) is 36.5 Å². The van der Waals surface area contributed by atoms with Crippen molar-refractivity contribution in [1.82, 2.24) is 5.32 Å². The standard InChI is InChI=1S/C18H25NO/c1-14(2)11-19-12-18(10-16-8-9-20-13-16)17-6-4-15(3)5-7-17/h4-9,13-14,18-19H,10-12H2,1-3H3. The van der Waals surface area contributed by atoms with E-state index in [1.54, 1.807) is 6.26 Å². The van der Waals surface area contributed by atoms with Gasteiger partial charge in [-0.15, -0.1) is 0 Å². The Morgan fingerprint density at radius 2 is 1.80 bits per heavy atom. The van der Waals surface area contributed by atoms with Gasteiger partial charge in [0.25, 0.3) is 0 Å². The lowest BCUT2D eigenvalue weighted by atomic mass is 9.92. The van der Waals surface area contributed by atoms with Gasteiger partial charge in [0, 0.05) is 12.5 Å². The van der Waals surface area contributed by atoms with Crippen LogP contribution in [0.3, 0.4) is 0 Å². The Balaban J connectivity index is 2.04. The second-order valence-corrected chi connectivity index (χ2v) is 6.00. The Morgan fingerprint density at radius 1 is 1.05 bits per heavy atom. The van der Waals surface area contributed by atoms with E-state index in [9.17, 15) is 0 Å². The molecule has 0 amide bonds. The molecule has 1 aromatic heterocycles. The van der Waals surface area contributed by atoms with Crippen LogP contribution in [0.5, 0.6) is 0 Å². The molecule has 0 bridgehead atoms. The molecule has 0 fully saturated rings. The van der Waals surface area contributed by atoms with Crippen molar-refractivity contribution in [2.45, 2.75) is 33.1 Å². The van der Waals surface area contributed by atoms with E-state index in [-0.39, 0.29) is 0 Å². The van der Waals surface area contributed by atoms with Gasteiger partial charge >= 0.3 is 0 Å². The van der Waals surface area contributed by atoms with Crippen LogP contribution in [0.4, 0.5) is 0 Å². The van der Waals surface area contributed by atoms with Gasteiger partial charge < -0.3 is 9.73 Å². The van der Waals surface area contributed by atoms with Crippen LogP contribution in [0.2, 0.25) is 0 Å². The molecule has 0 saturated carbocycles. The summed E-state index contributed by atoms with van der Waals surface area (Å²) in [5.74, 6) is 1.18. The fraction of sp³-hybridized carbons (Fsp3) is 0.444. The summed E-state index contributed by atoms with van der Waals surface area (Å²) in [6.45, 7) is 8.68. The van der Waals surface area contributed by atoms with Crippen molar-refractivity contribution >= 4 is 0 Å². The lowest BCUT2D eigenvalue weighted by Gasteiger charge is -2.18. The fourth-order valence-electron chi connectivity index (χ4n) is 2.39. The lowest BCUT2D eigenvalue weighted by molar-refractivity contribution is 0.511. The van der Waals surface area contributed by atoms with E-state index in [0.29, 0.717) is 11.8 Å². The molecule has 1 atom stereocenters. The SMILES string of the molecule is Cc1ccc(C(CNCC(C)C)Cc2ccoc2)cc1. The molecule has 2 rings (SSSR count). The Labute approximate surface area is 122 Å². The molecular formula is C18H25NO. The summed E-state index contributed by atoms with van der Waals surface area (Å²) in [4.78, 5) is 0. The average Bonchev–Trinajstić information content (AvgIpc) is 2.91. The Kier molecular flexibility index (Phi) is 5.42. The summed E-state index contributed by atoms with van der Waals surface area (Å²) < 4.78 is 5.19. The van der Waals surface area contributed by atoms with Crippen LogP contribution in [0, 0.1) is 12.8 Å². The Bertz CT molecular complexity index is 485. The first-order valence-corrected chi connectivity index (χ1v) is 7.43. The molecule has 1 aromatic carbocycles. The molecule has 1 N–H and O–H groups in total. The first-order chi connectivity index (χ1) is 9.65. The topological polar surface area (TPSA) is 25.2 Å². The van der Waals surface area contributed by atoms with Gasteiger partial charge in [-0.2, -0.15) is 0 Å². The third-order valence-electron chi connectivity index (χ3n) is 3.55. The van der Waals surface area contributed by atoms with Crippen molar-refractivity contribution in [3.63, 3.8) is 0 Å². The molecule has 0 saturated heterocycles. The highest BCUT2D eigenvalue weighted by Crippen LogP contribution is 2.21. The van der Waals surface area contributed by atoms with Crippen LogP contribution in [0.25, 0.3) is 0 Å². The predicted octanol–water partition coefficient (Wildman–Crippen LogP) is 4.16. The van der Waals surface area contributed by atoms with E-state index in [2.05, 4.69) is 56.4 Å². The maximum atomic E-state index is 5.19. The smallest absolute Gasteiger partial charge is 0.0934 e. The van der Waals surface area contributed by atoms with Crippen molar-refractivity contribution < 1.29 is 4.42 Å². The first kappa shape index (κ1) is 14.9. The van der Waals surface area contributed by atoms with Crippen LogP contribution in [-0.2, 0) is 6.42 Å². The molecule has 0 aliphatic rings. The third-order valence-corrected chi connectivity index (χ3v) is 3.55. The second kappa shape index (κ2) is 7.30. The van der Waals surface area contributed by atoms with Crippen molar-refractivity contribution in [3.05, 3.63) is 59.5 Å². The Hall–Kier alpha value is -1.54. The summed E-state index contributed by atoms with van der Waals surface area (Å²) in [6, 6.07) is 10.9. The minimum absolute atomic E-state index is 0.493. The summed E-state index contributed by atoms with van der Waals surface area (Å²) in [5.41, 5.74) is 3.97. The summed E-state index contributed by atoms with van der Waals surface area (Å²) in [7, 11) is 0. The fourth-order valence-corrected chi connectivity index (χ4v) is 2.39. The van der Waals surface area contributed by atoms with Crippen LogP contribution < -0.4 is 5.32 Å². The molecule has 108 valence electrons. The van der Waals surface area contributed by atoms with Crippen LogP contribution in [0.15, 0.2) is 47.3 Å². The zero-order chi connectivity index (χ0) is 14.4. The van der Waals surface area contributed by atoms with E-state index < -0.39 is 0 Å². The largest absolute Gasteiger partial charge is 0.472 e. The van der Waals surface area contributed by atoms with Gasteiger partial charge in [0.15, 0.2) is 0 Å². The average molecular weight is 271 g/mol. The van der Waals surface area contributed by atoms with Gasteiger partial charge in [-0.25, -0.2) is 0 Å². The van der Waals surface area contributed by atoms with E-state index in [0.717, 1.165) is 19.5 Å². The summed E-state index contributed by atoms with van der Waals surface area (Å²) in [5, 5.41) is 3.58. The molecule has 2 heteroatoms. The quantitative estimate of drug-likeness (QED) is 0.818. The van der Waals surface area contributed by atoms with Crippen LogP contribution in [-0.4, -0.2) is 13.1 Å². The molecule has 1 heterocycles. The third kappa shape index (κ3) is 4.53. The number of benzene rings is 1. The first-order valence-electron chi connectivity index (χ1n) is 7.43. The number of nitrogens with one attached hydrogen (secondary N) is 1. The zero-order valence-corrected chi connectivity index (χ0v) is 12.7. The molecule has 0 aliphatic heterocycles. The second-order valence-electron chi connectivity index (χ2n) is 6.00. The molecular weight excluding hydrogens is 246 g/mol. The minimum atomic E-state index is 0.493. The minimum Gasteiger partial charge on any atom is -0.472 e. The molecule has 0 radical (unpaired) electrons. The normalized spacial score (nSPS) is 12.8. The van der Waals surface area contributed by atoms with Crippen LogP contribution >= 0.6 is 0 Å². The van der Waals surface area contributed by atoms with Gasteiger partial charge in [0.05, 0.1) is 12.5 Å². The van der Waals surface area contributed by atoms with Crippen molar-refractivity contribution in [2.75, 3.05) is 13.1 Å². The number of furan rings is 1. The number of aryl methyl sites for hydroxylation is 1. The monoisotopic (exact) mass is 271 g/mol. The van der Waals surface area contributed by atoms with Crippen molar-refractivity contribution in [3.8, 4) is 0 Å². The highest BCUT2D eigenvalue weighted by Gasteiger charge is 2.13. The molecule has 2 aromatic rings. The van der Waals surface area contributed by atoms with Gasteiger partial charge in [-0.1, -0.05) is 43.7 Å². The summed E-state index contributed by atoms with van der Waals surface area (Å²) in [6.07, 6.45) is 4.62. The van der Waals surface area contributed by atoms with Crippen molar-refractivity contribution in [1.29, 1.82) is 0 Å². The molecule has 0 spiro atoms. The molecule has 0 aliphatic carbocycles. The maximum Gasteiger partial charge on any atom is 0.0934 e. The maximum absolute atomic E-state index is 5.19.